The lowest BCUT2D eigenvalue weighted by atomic mass is 9.54. The second kappa shape index (κ2) is 5.08. The van der Waals surface area contributed by atoms with E-state index in [1.807, 2.05) is 0 Å². The van der Waals surface area contributed by atoms with Crippen molar-refractivity contribution < 1.29 is 0 Å². The van der Waals surface area contributed by atoms with Gasteiger partial charge < -0.3 is 5.32 Å². The molecule has 1 aromatic rings. The molecule has 96 valence electrons. The van der Waals surface area contributed by atoms with Crippen LogP contribution in [0.2, 0.25) is 8.67 Å². The average molecular weight is 292 g/mol. The van der Waals surface area contributed by atoms with E-state index in [-0.39, 0.29) is 0 Å². The summed E-state index contributed by atoms with van der Waals surface area (Å²) < 4.78 is 1.67. The summed E-state index contributed by atoms with van der Waals surface area (Å²) >= 11 is 13.8. The standard InChI is InChI=1S/C13H19Cl2NS/c1-4-13(3)9(7-10(13)16-5-2)8-6-11(14)17-12(8)15/h6,9-10,16H,4-5,7H2,1-3H3. The SMILES string of the molecule is CCNC1CC(c2cc(Cl)sc2Cl)C1(C)CC. The van der Waals surface area contributed by atoms with E-state index in [0.717, 1.165) is 15.2 Å². The first-order chi connectivity index (χ1) is 8.02. The quantitative estimate of drug-likeness (QED) is 0.829. The van der Waals surface area contributed by atoms with Gasteiger partial charge in [0.2, 0.25) is 0 Å². The van der Waals surface area contributed by atoms with E-state index in [1.54, 1.807) is 0 Å². The van der Waals surface area contributed by atoms with Gasteiger partial charge in [0.15, 0.2) is 0 Å². The fourth-order valence-corrected chi connectivity index (χ4v) is 4.56. The summed E-state index contributed by atoms with van der Waals surface area (Å²) in [6, 6.07) is 2.66. The lowest BCUT2D eigenvalue weighted by Crippen LogP contribution is -2.56. The lowest BCUT2D eigenvalue weighted by molar-refractivity contribution is 0.0458. The maximum absolute atomic E-state index is 6.28. The summed E-state index contributed by atoms with van der Waals surface area (Å²) in [6.07, 6.45) is 2.34. The maximum Gasteiger partial charge on any atom is 0.0979 e. The van der Waals surface area contributed by atoms with Gasteiger partial charge in [0.1, 0.15) is 0 Å². The summed E-state index contributed by atoms with van der Waals surface area (Å²) in [5, 5.41) is 3.58. The van der Waals surface area contributed by atoms with Crippen molar-refractivity contribution in [3.8, 4) is 0 Å². The molecule has 0 radical (unpaired) electrons. The summed E-state index contributed by atoms with van der Waals surface area (Å²) in [7, 11) is 0. The molecule has 2 rings (SSSR count). The molecule has 1 aliphatic rings. The molecule has 1 aromatic heterocycles. The molecule has 1 N–H and O–H groups in total. The highest BCUT2D eigenvalue weighted by Gasteiger charge is 2.51. The maximum atomic E-state index is 6.28. The van der Waals surface area contributed by atoms with E-state index in [0.29, 0.717) is 17.4 Å². The van der Waals surface area contributed by atoms with Crippen LogP contribution in [0.25, 0.3) is 0 Å². The molecule has 17 heavy (non-hydrogen) atoms. The van der Waals surface area contributed by atoms with E-state index in [2.05, 4.69) is 32.2 Å². The molecular weight excluding hydrogens is 273 g/mol. The number of rotatable bonds is 4. The molecule has 1 saturated carbocycles. The first-order valence-corrected chi connectivity index (χ1v) is 7.78. The van der Waals surface area contributed by atoms with Gasteiger partial charge in [-0.2, -0.15) is 0 Å². The number of nitrogens with one attached hydrogen (secondary N) is 1. The van der Waals surface area contributed by atoms with E-state index in [4.69, 9.17) is 23.2 Å². The molecule has 1 fully saturated rings. The molecule has 0 saturated heterocycles. The van der Waals surface area contributed by atoms with Crippen molar-refractivity contribution in [1.82, 2.24) is 5.32 Å². The number of thiophene rings is 1. The summed E-state index contributed by atoms with van der Waals surface area (Å²) in [6.45, 7) is 7.82. The fraction of sp³-hybridized carbons (Fsp3) is 0.692. The first kappa shape index (κ1) is 13.7. The first-order valence-electron chi connectivity index (χ1n) is 6.21. The van der Waals surface area contributed by atoms with Crippen LogP contribution in [-0.2, 0) is 0 Å². The Morgan fingerprint density at radius 1 is 1.47 bits per heavy atom. The average Bonchev–Trinajstić information content (AvgIpc) is 2.61. The van der Waals surface area contributed by atoms with Crippen LogP contribution in [0, 0.1) is 5.41 Å². The van der Waals surface area contributed by atoms with Gasteiger partial charge in [-0.3, -0.25) is 0 Å². The van der Waals surface area contributed by atoms with Crippen LogP contribution < -0.4 is 5.32 Å². The fourth-order valence-electron chi connectivity index (χ4n) is 2.98. The molecule has 3 unspecified atom stereocenters. The summed E-state index contributed by atoms with van der Waals surface area (Å²) in [5.74, 6) is 0.549. The normalized spacial score (nSPS) is 32.5. The molecule has 1 nitrogen and oxygen atoms in total. The Morgan fingerprint density at radius 3 is 2.65 bits per heavy atom. The van der Waals surface area contributed by atoms with Crippen LogP contribution in [0.1, 0.15) is 45.1 Å². The van der Waals surface area contributed by atoms with Crippen LogP contribution >= 0.6 is 34.5 Å². The molecule has 1 aliphatic carbocycles. The highest BCUT2D eigenvalue weighted by atomic mass is 35.5. The van der Waals surface area contributed by atoms with Gasteiger partial charge in [-0.1, -0.05) is 44.0 Å². The molecule has 1 heterocycles. The van der Waals surface area contributed by atoms with Crippen molar-refractivity contribution in [2.24, 2.45) is 5.41 Å². The van der Waals surface area contributed by atoms with Gasteiger partial charge in [0.05, 0.1) is 8.67 Å². The highest BCUT2D eigenvalue weighted by Crippen LogP contribution is 2.57. The number of halogens is 2. The molecule has 0 amide bonds. The summed E-state index contributed by atoms with van der Waals surface area (Å²) in [4.78, 5) is 0. The molecule has 0 spiro atoms. The minimum atomic E-state index is 0.310. The van der Waals surface area contributed by atoms with Crippen molar-refractivity contribution in [2.45, 2.75) is 45.6 Å². The third kappa shape index (κ3) is 2.25. The third-order valence-electron chi connectivity index (χ3n) is 4.33. The summed E-state index contributed by atoms with van der Waals surface area (Å²) in [5.41, 5.74) is 1.56. The Morgan fingerprint density at radius 2 is 2.18 bits per heavy atom. The van der Waals surface area contributed by atoms with Crippen molar-refractivity contribution in [1.29, 1.82) is 0 Å². The van der Waals surface area contributed by atoms with Gasteiger partial charge >= 0.3 is 0 Å². The molecule has 3 atom stereocenters. The molecule has 4 heteroatoms. The topological polar surface area (TPSA) is 12.0 Å². The molecule has 0 bridgehead atoms. The second-order valence-corrected chi connectivity index (χ2v) is 7.32. The number of hydrogen-bond acceptors (Lipinski definition) is 2. The predicted octanol–water partition coefficient (Wildman–Crippen LogP) is 4.94. The monoisotopic (exact) mass is 291 g/mol. The van der Waals surface area contributed by atoms with Crippen LogP contribution in [0.5, 0.6) is 0 Å². The van der Waals surface area contributed by atoms with E-state index in [1.165, 1.54) is 29.7 Å². The minimum absolute atomic E-state index is 0.310. The van der Waals surface area contributed by atoms with Gasteiger partial charge in [-0.05, 0) is 42.3 Å². The highest BCUT2D eigenvalue weighted by molar-refractivity contribution is 7.20. The Hall–Kier alpha value is 0.240. The van der Waals surface area contributed by atoms with E-state index >= 15 is 0 Å². The molecular formula is C13H19Cl2NS. The Labute approximate surface area is 118 Å². The predicted molar refractivity (Wildman–Crippen MR) is 77.6 cm³/mol. The van der Waals surface area contributed by atoms with Gasteiger partial charge in [-0.25, -0.2) is 0 Å². The van der Waals surface area contributed by atoms with E-state index in [9.17, 15) is 0 Å². The van der Waals surface area contributed by atoms with Crippen molar-refractivity contribution in [2.75, 3.05) is 6.54 Å². The minimum Gasteiger partial charge on any atom is -0.314 e. The van der Waals surface area contributed by atoms with Crippen LogP contribution in [0.4, 0.5) is 0 Å². The van der Waals surface area contributed by atoms with Crippen LogP contribution in [0.3, 0.4) is 0 Å². The zero-order valence-corrected chi connectivity index (χ0v) is 12.8. The van der Waals surface area contributed by atoms with Crippen molar-refractivity contribution in [3.63, 3.8) is 0 Å². The molecule has 0 aliphatic heterocycles. The van der Waals surface area contributed by atoms with E-state index < -0.39 is 0 Å². The Balaban J connectivity index is 2.21. The lowest BCUT2D eigenvalue weighted by Gasteiger charge is -2.54. The van der Waals surface area contributed by atoms with Crippen LogP contribution in [0.15, 0.2) is 6.07 Å². The molecule has 0 aromatic carbocycles. The van der Waals surface area contributed by atoms with Gasteiger partial charge in [0.25, 0.3) is 0 Å². The van der Waals surface area contributed by atoms with Gasteiger partial charge in [0, 0.05) is 6.04 Å². The Kier molecular flexibility index (Phi) is 4.09. The second-order valence-electron chi connectivity index (χ2n) is 5.04. The Bertz CT molecular complexity index is 404. The zero-order valence-electron chi connectivity index (χ0n) is 10.5. The smallest absolute Gasteiger partial charge is 0.0979 e. The van der Waals surface area contributed by atoms with Crippen molar-refractivity contribution >= 4 is 34.5 Å². The van der Waals surface area contributed by atoms with Gasteiger partial charge in [-0.15, -0.1) is 11.3 Å². The number of hydrogen-bond donors (Lipinski definition) is 1. The zero-order chi connectivity index (χ0) is 12.6. The van der Waals surface area contributed by atoms with Crippen molar-refractivity contribution in [3.05, 3.63) is 20.3 Å². The largest absolute Gasteiger partial charge is 0.314 e. The van der Waals surface area contributed by atoms with Crippen LogP contribution in [-0.4, -0.2) is 12.6 Å². The third-order valence-corrected chi connectivity index (χ3v) is 5.85.